The molecule has 0 aliphatic heterocycles. The van der Waals surface area contributed by atoms with Gasteiger partial charge in [0.15, 0.2) is 5.16 Å². The molecule has 0 saturated carbocycles. The molecule has 6 nitrogen and oxygen atoms in total. The van der Waals surface area contributed by atoms with Crippen molar-refractivity contribution in [1.82, 2.24) is 19.7 Å². The van der Waals surface area contributed by atoms with E-state index in [9.17, 15) is 4.79 Å². The second-order valence-electron chi connectivity index (χ2n) is 6.75. The third-order valence-electron chi connectivity index (χ3n) is 4.74. The average Bonchev–Trinajstić information content (AvgIpc) is 3.44. The van der Waals surface area contributed by atoms with Gasteiger partial charge in [0, 0.05) is 28.6 Å². The minimum atomic E-state index is -0.0695. The predicted octanol–water partition coefficient (Wildman–Crippen LogP) is 5.66. The van der Waals surface area contributed by atoms with Crippen molar-refractivity contribution in [3.05, 3.63) is 81.2 Å². The molecule has 0 aliphatic carbocycles. The van der Waals surface area contributed by atoms with E-state index in [1.54, 1.807) is 23.7 Å². The fourth-order valence-corrected chi connectivity index (χ4v) is 5.08. The molecule has 0 spiro atoms. The maximum absolute atomic E-state index is 13.1. The van der Waals surface area contributed by atoms with Crippen molar-refractivity contribution >= 4 is 44.9 Å². The zero-order valence-corrected chi connectivity index (χ0v) is 18.7. The first-order valence-corrected chi connectivity index (χ1v) is 11.6. The highest BCUT2D eigenvalue weighted by molar-refractivity contribution is 7.98. The summed E-state index contributed by atoms with van der Waals surface area (Å²) in [7, 11) is 1.73. The first-order valence-electron chi connectivity index (χ1n) is 9.35. The summed E-state index contributed by atoms with van der Waals surface area (Å²) in [6.45, 7) is 0. The van der Waals surface area contributed by atoms with Crippen LogP contribution >= 0.6 is 34.7 Å². The van der Waals surface area contributed by atoms with Gasteiger partial charge in [0.25, 0.3) is 5.56 Å². The van der Waals surface area contributed by atoms with Gasteiger partial charge >= 0.3 is 0 Å². The van der Waals surface area contributed by atoms with E-state index in [0.29, 0.717) is 33.1 Å². The summed E-state index contributed by atoms with van der Waals surface area (Å²) in [6.07, 6.45) is 0. The molecule has 0 unspecified atom stereocenters. The minimum Gasteiger partial charge on any atom is -0.420 e. The Kier molecular flexibility index (Phi) is 5.35. The van der Waals surface area contributed by atoms with E-state index in [1.165, 1.54) is 23.1 Å². The fourth-order valence-electron chi connectivity index (χ4n) is 3.16. The molecule has 154 valence electrons. The van der Waals surface area contributed by atoms with Gasteiger partial charge in [-0.05, 0) is 29.8 Å². The Labute approximate surface area is 190 Å². The number of fused-ring (bicyclic) bond motifs is 1. The Morgan fingerprint density at radius 3 is 2.61 bits per heavy atom. The van der Waals surface area contributed by atoms with Crippen molar-refractivity contribution in [3.63, 3.8) is 0 Å². The lowest BCUT2D eigenvalue weighted by molar-refractivity contribution is 0.528. The van der Waals surface area contributed by atoms with Crippen molar-refractivity contribution in [2.45, 2.75) is 10.9 Å². The third kappa shape index (κ3) is 3.89. The number of thioether (sulfide) groups is 1. The Bertz CT molecular complexity index is 1430. The summed E-state index contributed by atoms with van der Waals surface area (Å²) in [6, 6.07) is 17.1. The smallest absolute Gasteiger partial charge is 0.263 e. The molecule has 2 aromatic carbocycles. The Hall–Kier alpha value is -2.94. The molecular formula is C22H15ClN4O2S2. The predicted molar refractivity (Wildman–Crippen MR) is 125 cm³/mol. The van der Waals surface area contributed by atoms with E-state index >= 15 is 0 Å². The van der Waals surface area contributed by atoms with Crippen LogP contribution in [0, 0.1) is 0 Å². The van der Waals surface area contributed by atoms with Gasteiger partial charge in [-0.2, -0.15) is 0 Å². The van der Waals surface area contributed by atoms with E-state index in [1.807, 2.05) is 47.8 Å². The van der Waals surface area contributed by atoms with Crippen molar-refractivity contribution in [2.75, 3.05) is 0 Å². The van der Waals surface area contributed by atoms with Gasteiger partial charge in [-0.3, -0.25) is 9.36 Å². The monoisotopic (exact) mass is 466 g/mol. The van der Waals surface area contributed by atoms with Gasteiger partial charge in [-0.15, -0.1) is 21.5 Å². The summed E-state index contributed by atoms with van der Waals surface area (Å²) < 4.78 is 7.32. The molecule has 5 aromatic rings. The maximum Gasteiger partial charge on any atom is 0.263 e. The van der Waals surface area contributed by atoms with E-state index in [2.05, 4.69) is 10.2 Å². The van der Waals surface area contributed by atoms with Crippen LogP contribution in [-0.4, -0.2) is 19.7 Å². The van der Waals surface area contributed by atoms with Crippen LogP contribution in [0.3, 0.4) is 0 Å². The van der Waals surface area contributed by atoms with E-state index < -0.39 is 0 Å². The molecule has 0 N–H and O–H groups in total. The number of hydrogen-bond donors (Lipinski definition) is 0. The molecule has 5 rings (SSSR count). The number of benzene rings is 2. The number of hydrogen-bond acceptors (Lipinski definition) is 7. The molecule has 0 amide bonds. The second-order valence-corrected chi connectivity index (χ2v) is 8.99. The van der Waals surface area contributed by atoms with Gasteiger partial charge in [0.05, 0.1) is 11.1 Å². The SMILES string of the molecule is Cn1c(SCc2nnc(-c3ccc(Cl)cc3)o2)nc2scc(-c3ccccc3)c2c1=O. The van der Waals surface area contributed by atoms with Gasteiger partial charge in [0.1, 0.15) is 4.83 Å². The van der Waals surface area contributed by atoms with E-state index in [0.717, 1.165) is 21.5 Å². The molecule has 9 heteroatoms. The Morgan fingerprint density at radius 1 is 1.06 bits per heavy atom. The van der Waals surface area contributed by atoms with Crippen LogP contribution in [-0.2, 0) is 12.8 Å². The molecule has 0 aliphatic rings. The zero-order valence-electron chi connectivity index (χ0n) is 16.3. The average molecular weight is 467 g/mol. The molecule has 3 heterocycles. The van der Waals surface area contributed by atoms with E-state index in [4.69, 9.17) is 21.0 Å². The van der Waals surface area contributed by atoms with Crippen LogP contribution < -0.4 is 5.56 Å². The number of halogens is 1. The summed E-state index contributed by atoms with van der Waals surface area (Å²) in [5.74, 6) is 1.29. The van der Waals surface area contributed by atoms with Crippen molar-refractivity contribution < 1.29 is 4.42 Å². The number of thiophene rings is 1. The topological polar surface area (TPSA) is 73.8 Å². The van der Waals surface area contributed by atoms with Gasteiger partial charge in [-0.25, -0.2) is 4.98 Å². The van der Waals surface area contributed by atoms with Crippen LogP contribution in [0.5, 0.6) is 0 Å². The molecule has 0 radical (unpaired) electrons. The molecule has 31 heavy (non-hydrogen) atoms. The second kappa shape index (κ2) is 8.30. The summed E-state index contributed by atoms with van der Waals surface area (Å²) in [5, 5.41) is 12.1. The van der Waals surface area contributed by atoms with Gasteiger partial charge < -0.3 is 4.42 Å². The van der Waals surface area contributed by atoms with Crippen LogP contribution in [0.25, 0.3) is 32.8 Å². The Morgan fingerprint density at radius 2 is 1.84 bits per heavy atom. The quantitative estimate of drug-likeness (QED) is 0.246. The van der Waals surface area contributed by atoms with Crippen LogP contribution in [0.15, 0.2) is 74.3 Å². The molecule has 3 aromatic heterocycles. The summed E-state index contributed by atoms with van der Waals surface area (Å²) in [4.78, 5) is 18.5. The largest absolute Gasteiger partial charge is 0.420 e. The highest BCUT2D eigenvalue weighted by Gasteiger charge is 2.17. The van der Waals surface area contributed by atoms with Crippen molar-refractivity contribution in [2.24, 2.45) is 7.05 Å². The van der Waals surface area contributed by atoms with Gasteiger partial charge in [0.2, 0.25) is 11.8 Å². The molecular weight excluding hydrogens is 452 g/mol. The first-order chi connectivity index (χ1) is 15.1. The highest BCUT2D eigenvalue weighted by atomic mass is 35.5. The van der Waals surface area contributed by atoms with Crippen LogP contribution in [0.4, 0.5) is 0 Å². The van der Waals surface area contributed by atoms with Crippen molar-refractivity contribution in [1.29, 1.82) is 0 Å². The fraction of sp³-hybridized carbons (Fsp3) is 0.0909. The summed E-state index contributed by atoms with van der Waals surface area (Å²) in [5.41, 5.74) is 2.65. The standard InChI is InChI=1S/C22H15ClN4O2S2/c1-27-21(28)18-16(13-5-3-2-4-6-13)11-30-20(18)24-22(27)31-12-17-25-26-19(29-17)14-7-9-15(23)10-8-14/h2-11H,12H2,1H3. The van der Waals surface area contributed by atoms with Crippen molar-refractivity contribution in [3.8, 4) is 22.6 Å². The number of rotatable bonds is 5. The molecule has 0 atom stereocenters. The maximum atomic E-state index is 13.1. The molecule has 0 bridgehead atoms. The normalized spacial score (nSPS) is 11.3. The summed E-state index contributed by atoms with van der Waals surface area (Å²) >= 11 is 8.78. The van der Waals surface area contributed by atoms with E-state index in [-0.39, 0.29) is 5.56 Å². The Balaban J connectivity index is 1.41. The lowest BCUT2D eigenvalue weighted by Crippen LogP contribution is -2.19. The minimum absolute atomic E-state index is 0.0695. The highest BCUT2D eigenvalue weighted by Crippen LogP contribution is 2.32. The first kappa shape index (κ1) is 20.0. The molecule has 0 saturated heterocycles. The zero-order chi connectivity index (χ0) is 21.4. The number of nitrogens with zero attached hydrogens (tertiary/aromatic N) is 4. The number of aromatic nitrogens is 4. The molecule has 0 fully saturated rings. The lowest BCUT2D eigenvalue weighted by Gasteiger charge is -2.06. The lowest BCUT2D eigenvalue weighted by atomic mass is 10.1. The van der Waals surface area contributed by atoms with Gasteiger partial charge in [-0.1, -0.05) is 53.7 Å². The van der Waals surface area contributed by atoms with Crippen LogP contribution in [0.2, 0.25) is 5.02 Å². The third-order valence-corrected chi connectivity index (χ3v) is 6.88. The van der Waals surface area contributed by atoms with Crippen LogP contribution in [0.1, 0.15) is 5.89 Å².